The van der Waals surface area contributed by atoms with E-state index >= 15 is 0 Å². The van der Waals surface area contributed by atoms with Crippen LogP contribution in [0.1, 0.15) is 23.2 Å². The number of esters is 1. The second-order valence-electron chi connectivity index (χ2n) is 6.54. The Balaban J connectivity index is 1.64. The van der Waals surface area contributed by atoms with Crippen LogP contribution in [0.2, 0.25) is 0 Å². The molecule has 1 fully saturated rings. The number of ether oxygens (including phenoxy) is 1. The molecule has 0 spiro atoms. The van der Waals surface area contributed by atoms with Crippen LogP contribution in [0.4, 0.5) is 10.1 Å². The molecule has 154 valence electrons. The Kier molecular flexibility index (Phi) is 6.23. The van der Waals surface area contributed by atoms with Crippen molar-refractivity contribution in [2.45, 2.75) is 17.7 Å². The highest BCUT2D eigenvalue weighted by Crippen LogP contribution is 2.25. The first-order valence-electron chi connectivity index (χ1n) is 8.92. The van der Waals surface area contributed by atoms with Crippen LogP contribution < -0.4 is 5.32 Å². The maximum atomic E-state index is 14.0. The van der Waals surface area contributed by atoms with E-state index in [0.717, 1.165) is 6.07 Å². The molecule has 1 aliphatic rings. The molecule has 2 heterocycles. The standard InChI is InChI=1S/C19H20FN3O5S/c1-28-19(25)14-4-5-16(20)17(11-14)22-18(24)13-6-9-23(10-7-13)29(26,27)15-3-2-8-21-12-15/h2-5,8,11-13H,6-7,9-10H2,1H3,(H,22,24). The average molecular weight is 421 g/mol. The molecule has 0 saturated carbocycles. The molecule has 1 saturated heterocycles. The summed E-state index contributed by atoms with van der Waals surface area (Å²) in [7, 11) is -2.46. The minimum absolute atomic E-state index is 0.101. The summed E-state index contributed by atoms with van der Waals surface area (Å²) in [6.07, 6.45) is 3.36. The molecule has 0 radical (unpaired) electrons. The number of nitrogens with one attached hydrogen (secondary N) is 1. The molecule has 1 aliphatic heterocycles. The number of carbonyl (C=O) groups is 2. The van der Waals surface area contributed by atoms with Gasteiger partial charge in [0.25, 0.3) is 0 Å². The molecule has 10 heteroatoms. The summed E-state index contributed by atoms with van der Waals surface area (Å²) in [5.74, 6) is -2.22. The summed E-state index contributed by atoms with van der Waals surface area (Å²) in [5, 5.41) is 2.48. The number of benzene rings is 1. The Bertz CT molecular complexity index is 1010. The van der Waals surface area contributed by atoms with Gasteiger partial charge in [-0.05, 0) is 43.2 Å². The Hall–Kier alpha value is -2.85. The molecule has 1 aromatic carbocycles. The number of rotatable bonds is 5. The third kappa shape index (κ3) is 4.60. The molecule has 2 aromatic rings. The second-order valence-corrected chi connectivity index (χ2v) is 8.48. The monoisotopic (exact) mass is 421 g/mol. The zero-order valence-electron chi connectivity index (χ0n) is 15.7. The Morgan fingerprint density at radius 1 is 1.24 bits per heavy atom. The molecule has 0 aliphatic carbocycles. The lowest BCUT2D eigenvalue weighted by Crippen LogP contribution is -2.41. The van der Waals surface area contributed by atoms with Crippen LogP contribution in [-0.4, -0.2) is 49.8 Å². The van der Waals surface area contributed by atoms with Crippen molar-refractivity contribution in [1.29, 1.82) is 0 Å². The number of anilines is 1. The van der Waals surface area contributed by atoms with Crippen molar-refractivity contribution in [2.75, 3.05) is 25.5 Å². The van der Waals surface area contributed by atoms with E-state index in [9.17, 15) is 22.4 Å². The van der Waals surface area contributed by atoms with Crippen LogP contribution >= 0.6 is 0 Å². The van der Waals surface area contributed by atoms with E-state index in [2.05, 4.69) is 15.0 Å². The predicted molar refractivity (Wildman–Crippen MR) is 102 cm³/mol. The number of methoxy groups -OCH3 is 1. The summed E-state index contributed by atoms with van der Waals surface area (Å²) in [6.45, 7) is 0.333. The van der Waals surface area contributed by atoms with Crippen molar-refractivity contribution in [3.63, 3.8) is 0 Å². The number of hydrogen-bond donors (Lipinski definition) is 1. The van der Waals surface area contributed by atoms with Crippen LogP contribution in [0.25, 0.3) is 0 Å². The van der Waals surface area contributed by atoms with E-state index in [1.165, 1.54) is 42.0 Å². The van der Waals surface area contributed by atoms with Gasteiger partial charge in [0.1, 0.15) is 10.7 Å². The molecule has 1 amide bonds. The number of piperidine rings is 1. The van der Waals surface area contributed by atoms with Gasteiger partial charge in [0.2, 0.25) is 15.9 Å². The van der Waals surface area contributed by atoms with Crippen molar-refractivity contribution in [3.05, 3.63) is 54.1 Å². The molecule has 1 N–H and O–H groups in total. The van der Waals surface area contributed by atoms with E-state index in [4.69, 9.17) is 0 Å². The van der Waals surface area contributed by atoms with Crippen LogP contribution in [0, 0.1) is 11.7 Å². The van der Waals surface area contributed by atoms with Crippen LogP contribution in [0.5, 0.6) is 0 Å². The maximum Gasteiger partial charge on any atom is 0.337 e. The SMILES string of the molecule is COC(=O)c1ccc(F)c(NC(=O)C2CCN(S(=O)(=O)c3cccnc3)CC2)c1. The van der Waals surface area contributed by atoms with E-state index in [0.29, 0.717) is 12.8 Å². The largest absolute Gasteiger partial charge is 0.465 e. The first kappa shape index (κ1) is 20.9. The van der Waals surface area contributed by atoms with E-state index in [1.807, 2.05) is 0 Å². The molecule has 29 heavy (non-hydrogen) atoms. The van der Waals surface area contributed by atoms with Crippen LogP contribution in [-0.2, 0) is 19.6 Å². The lowest BCUT2D eigenvalue weighted by molar-refractivity contribution is -0.120. The molecular weight excluding hydrogens is 401 g/mol. The van der Waals surface area contributed by atoms with Crippen LogP contribution in [0.15, 0.2) is 47.6 Å². The molecule has 8 nitrogen and oxygen atoms in total. The van der Waals surface area contributed by atoms with Crippen molar-refractivity contribution < 1.29 is 27.1 Å². The lowest BCUT2D eigenvalue weighted by atomic mass is 9.97. The fraction of sp³-hybridized carbons (Fsp3) is 0.316. The number of amides is 1. The zero-order valence-corrected chi connectivity index (χ0v) is 16.5. The highest BCUT2D eigenvalue weighted by atomic mass is 32.2. The third-order valence-corrected chi connectivity index (χ3v) is 6.62. The van der Waals surface area contributed by atoms with E-state index in [-0.39, 0.29) is 29.2 Å². The first-order valence-corrected chi connectivity index (χ1v) is 10.4. The Morgan fingerprint density at radius 2 is 1.97 bits per heavy atom. The number of sulfonamides is 1. The summed E-state index contributed by atoms with van der Waals surface area (Å²) >= 11 is 0. The van der Waals surface area contributed by atoms with Gasteiger partial charge in [0.05, 0.1) is 18.4 Å². The number of aromatic nitrogens is 1. The van der Waals surface area contributed by atoms with Gasteiger partial charge in [-0.2, -0.15) is 4.31 Å². The molecule has 0 atom stereocenters. The Labute approximate surface area is 167 Å². The summed E-state index contributed by atoms with van der Waals surface area (Å²) < 4.78 is 45.2. The van der Waals surface area contributed by atoms with Gasteiger partial charge in [0, 0.05) is 31.4 Å². The number of hydrogen-bond acceptors (Lipinski definition) is 6. The summed E-state index contributed by atoms with van der Waals surface area (Å²) in [5.41, 5.74) is -0.00936. The second kappa shape index (κ2) is 8.66. The highest BCUT2D eigenvalue weighted by Gasteiger charge is 2.32. The molecule has 3 rings (SSSR count). The quantitative estimate of drug-likeness (QED) is 0.741. The predicted octanol–water partition coefficient (Wildman–Crippen LogP) is 2.05. The molecule has 0 bridgehead atoms. The topological polar surface area (TPSA) is 106 Å². The third-order valence-electron chi connectivity index (χ3n) is 4.74. The van der Waals surface area contributed by atoms with Gasteiger partial charge in [-0.15, -0.1) is 0 Å². The maximum absolute atomic E-state index is 14.0. The van der Waals surface area contributed by atoms with Gasteiger partial charge in [0.15, 0.2) is 0 Å². The number of nitrogens with zero attached hydrogens (tertiary/aromatic N) is 2. The molecular formula is C19H20FN3O5S. The van der Waals surface area contributed by atoms with E-state index in [1.54, 1.807) is 6.07 Å². The van der Waals surface area contributed by atoms with E-state index < -0.39 is 33.6 Å². The first-order chi connectivity index (χ1) is 13.8. The summed E-state index contributed by atoms with van der Waals surface area (Å²) in [4.78, 5) is 28.0. The van der Waals surface area contributed by atoms with Gasteiger partial charge in [-0.1, -0.05) is 0 Å². The number of carbonyl (C=O) groups excluding carboxylic acids is 2. The fourth-order valence-corrected chi connectivity index (χ4v) is 4.54. The normalized spacial score (nSPS) is 15.7. The lowest BCUT2D eigenvalue weighted by Gasteiger charge is -2.30. The van der Waals surface area contributed by atoms with Crippen molar-refractivity contribution in [3.8, 4) is 0 Å². The number of halogens is 1. The van der Waals surface area contributed by atoms with Gasteiger partial charge in [-0.3, -0.25) is 9.78 Å². The average Bonchev–Trinajstić information content (AvgIpc) is 2.75. The molecule has 1 aromatic heterocycles. The van der Waals surface area contributed by atoms with Crippen LogP contribution in [0.3, 0.4) is 0 Å². The molecule has 0 unspecified atom stereocenters. The van der Waals surface area contributed by atoms with Gasteiger partial charge in [-0.25, -0.2) is 17.6 Å². The van der Waals surface area contributed by atoms with Crippen molar-refractivity contribution in [1.82, 2.24) is 9.29 Å². The fourth-order valence-electron chi connectivity index (χ4n) is 3.11. The Morgan fingerprint density at radius 3 is 2.59 bits per heavy atom. The van der Waals surface area contributed by atoms with Crippen molar-refractivity contribution >= 4 is 27.6 Å². The number of pyridine rings is 1. The minimum Gasteiger partial charge on any atom is -0.465 e. The van der Waals surface area contributed by atoms with Gasteiger partial charge >= 0.3 is 5.97 Å². The van der Waals surface area contributed by atoms with Gasteiger partial charge < -0.3 is 10.1 Å². The highest BCUT2D eigenvalue weighted by molar-refractivity contribution is 7.89. The van der Waals surface area contributed by atoms with Crippen molar-refractivity contribution in [2.24, 2.45) is 5.92 Å². The zero-order chi connectivity index (χ0) is 21.0. The smallest absolute Gasteiger partial charge is 0.337 e. The minimum atomic E-state index is -3.67. The summed E-state index contributed by atoms with van der Waals surface area (Å²) in [6, 6.07) is 6.56.